The highest BCUT2D eigenvalue weighted by Gasteiger charge is 1.95. The highest BCUT2D eigenvalue weighted by Crippen LogP contribution is 2.18. The molecule has 0 heterocycles. The van der Waals surface area contributed by atoms with Gasteiger partial charge in [-0.3, -0.25) is 0 Å². The molecule has 1 rings (SSSR count). The van der Waals surface area contributed by atoms with Gasteiger partial charge in [-0.1, -0.05) is 12.1 Å². The van der Waals surface area contributed by atoms with E-state index in [1.807, 2.05) is 18.7 Å². The fraction of sp³-hybridized carbons (Fsp3) is 0.467. The predicted octanol–water partition coefficient (Wildman–Crippen LogP) is 2.93. The molecule has 0 radical (unpaired) electrons. The van der Waals surface area contributed by atoms with Crippen LogP contribution in [0.3, 0.4) is 0 Å². The quantitative estimate of drug-likeness (QED) is 0.443. The molecule has 0 aliphatic rings. The monoisotopic (exact) mass is 263 g/mol. The van der Waals surface area contributed by atoms with E-state index < -0.39 is 0 Å². The summed E-state index contributed by atoms with van der Waals surface area (Å²) in [6.45, 7) is 4.43. The van der Waals surface area contributed by atoms with Gasteiger partial charge in [-0.15, -0.1) is 23.6 Å². The summed E-state index contributed by atoms with van der Waals surface area (Å²) in [6, 6.07) is 8.70. The standard InChI is InChI=1S/C15H21NOS/c1-3-4-5-12-18-15-8-6-14(7-9-15)13-16-10-11-17-2/h6-9,16H,5,10-13H2,1-2H3. The molecule has 0 amide bonds. The van der Waals surface area contributed by atoms with Crippen molar-refractivity contribution in [2.75, 3.05) is 26.0 Å². The van der Waals surface area contributed by atoms with E-state index >= 15 is 0 Å². The summed E-state index contributed by atoms with van der Waals surface area (Å²) in [5, 5.41) is 3.33. The van der Waals surface area contributed by atoms with Gasteiger partial charge in [0.1, 0.15) is 0 Å². The minimum absolute atomic E-state index is 0.756. The third kappa shape index (κ3) is 6.70. The van der Waals surface area contributed by atoms with Crippen molar-refractivity contribution < 1.29 is 4.74 Å². The maximum absolute atomic E-state index is 4.99. The molecule has 1 aromatic carbocycles. The first-order chi connectivity index (χ1) is 8.86. The van der Waals surface area contributed by atoms with Crippen LogP contribution < -0.4 is 5.32 Å². The average Bonchev–Trinajstić information content (AvgIpc) is 2.41. The van der Waals surface area contributed by atoms with Crippen LogP contribution in [0, 0.1) is 11.8 Å². The lowest BCUT2D eigenvalue weighted by Gasteiger charge is -2.05. The zero-order valence-corrected chi connectivity index (χ0v) is 12.0. The minimum atomic E-state index is 0.756. The fourth-order valence-electron chi connectivity index (χ4n) is 1.46. The number of hydrogen-bond acceptors (Lipinski definition) is 3. The first-order valence-corrected chi connectivity index (χ1v) is 7.16. The van der Waals surface area contributed by atoms with E-state index in [0.29, 0.717) is 0 Å². The summed E-state index contributed by atoms with van der Waals surface area (Å²) in [7, 11) is 1.72. The number of hydrogen-bond donors (Lipinski definition) is 1. The molecule has 2 nitrogen and oxygen atoms in total. The topological polar surface area (TPSA) is 21.3 Å². The van der Waals surface area contributed by atoms with E-state index in [2.05, 4.69) is 41.4 Å². The Hall–Kier alpha value is -0.950. The molecule has 1 N–H and O–H groups in total. The third-order valence-electron chi connectivity index (χ3n) is 2.41. The SMILES string of the molecule is CC#CCCSc1ccc(CNCCOC)cc1. The van der Waals surface area contributed by atoms with E-state index in [1.54, 1.807) is 7.11 Å². The third-order valence-corrected chi connectivity index (χ3v) is 3.42. The van der Waals surface area contributed by atoms with E-state index in [0.717, 1.165) is 31.9 Å². The number of rotatable bonds is 8. The van der Waals surface area contributed by atoms with Gasteiger partial charge in [-0.25, -0.2) is 0 Å². The maximum Gasteiger partial charge on any atom is 0.0587 e. The molecule has 0 saturated heterocycles. The van der Waals surface area contributed by atoms with Gasteiger partial charge in [-0.2, -0.15) is 0 Å². The lowest BCUT2D eigenvalue weighted by atomic mass is 10.2. The van der Waals surface area contributed by atoms with Gasteiger partial charge < -0.3 is 10.1 Å². The van der Waals surface area contributed by atoms with E-state index in [1.165, 1.54) is 10.5 Å². The van der Waals surface area contributed by atoms with Gasteiger partial charge in [0.2, 0.25) is 0 Å². The Morgan fingerprint density at radius 3 is 2.72 bits per heavy atom. The van der Waals surface area contributed by atoms with Crippen molar-refractivity contribution in [3.63, 3.8) is 0 Å². The Morgan fingerprint density at radius 2 is 2.06 bits per heavy atom. The number of ether oxygens (including phenoxy) is 1. The van der Waals surface area contributed by atoms with Crippen LogP contribution in [0.5, 0.6) is 0 Å². The second-order valence-corrected chi connectivity index (χ2v) is 5.01. The molecule has 0 aromatic heterocycles. The van der Waals surface area contributed by atoms with Crippen molar-refractivity contribution >= 4 is 11.8 Å². The molecule has 1 aromatic rings. The highest BCUT2D eigenvalue weighted by atomic mass is 32.2. The summed E-state index contributed by atoms with van der Waals surface area (Å²) in [5.41, 5.74) is 1.31. The van der Waals surface area contributed by atoms with Crippen LogP contribution in [0.2, 0.25) is 0 Å². The Kier molecular flexibility index (Phi) is 8.41. The average molecular weight is 263 g/mol. The van der Waals surface area contributed by atoms with Crippen LogP contribution in [0.4, 0.5) is 0 Å². The number of benzene rings is 1. The lowest BCUT2D eigenvalue weighted by molar-refractivity contribution is 0.199. The smallest absolute Gasteiger partial charge is 0.0587 e. The van der Waals surface area contributed by atoms with E-state index in [4.69, 9.17) is 4.74 Å². The summed E-state index contributed by atoms with van der Waals surface area (Å²) >= 11 is 1.86. The summed E-state index contributed by atoms with van der Waals surface area (Å²) in [6.07, 6.45) is 0.960. The molecule has 0 saturated carbocycles. The van der Waals surface area contributed by atoms with Crippen molar-refractivity contribution in [3.8, 4) is 11.8 Å². The van der Waals surface area contributed by atoms with Crippen LogP contribution in [0.25, 0.3) is 0 Å². The van der Waals surface area contributed by atoms with Crippen LogP contribution >= 0.6 is 11.8 Å². The van der Waals surface area contributed by atoms with E-state index in [9.17, 15) is 0 Å². The number of nitrogens with one attached hydrogen (secondary N) is 1. The summed E-state index contributed by atoms with van der Waals surface area (Å²) in [4.78, 5) is 1.31. The molecule has 0 aliphatic heterocycles. The van der Waals surface area contributed by atoms with Crippen molar-refractivity contribution in [1.82, 2.24) is 5.32 Å². The number of thioether (sulfide) groups is 1. The number of methoxy groups -OCH3 is 1. The van der Waals surface area contributed by atoms with Gasteiger partial charge in [-0.05, 0) is 24.6 Å². The minimum Gasteiger partial charge on any atom is -0.383 e. The zero-order chi connectivity index (χ0) is 13.1. The van der Waals surface area contributed by atoms with Crippen LogP contribution in [0.15, 0.2) is 29.2 Å². The normalized spacial score (nSPS) is 9.89. The molecule has 0 unspecified atom stereocenters. The van der Waals surface area contributed by atoms with Crippen molar-refractivity contribution in [2.24, 2.45) is 0 Å². The Bertz CT molecular complexity index is 378. The molecule has 0 bridgehead atoms. The Morgan fingerprint density at radius 1 is 1.28 bits per heavy atom. The van der Waals surface area contributed by atoms with Gasteiger partial charge in [0.15, 0.2) is 0 Å². The highest BCUT2D eigenvalue weighted by molar-refractivity contribution is 7.99. The van der Waals surface area contributed by atoms with Gasteiger partial charge in [0.25, 0.3) is 0 Å². The second kappa shape index (κ2) is 10.0. The van der Waals surface area contributed by atoms with Gasteiger partial charge in [0, 0.05) is 37.3 Å². The summed E-state index contributed by atoms with van der Waals surface area (Å²) < 4.78 is 4.99. The summed E-state index contributed by atoms with van der Waals surface area (Å²) in [5.74, 6) is 7.05. The fourth-order valence-corrected chi connectivity index (χ4v) is 2.22. The molecular formula is C15H21NOS. The van der Waals surface area contributed by atoms with Crippen molar-refractivity contribution in [2.45, 2.75) is 24.8 Å². The van der Waals surface area contributed by atoms with Gasteiger partial charge in [0.05, 0.1) is 6.61 Å². The molecule has 3 heteroatoms. The van der Waals surface area contributed by atoms with Crippen LogP contribution in [-0.2, 0) is 11.3 Å². The van der Waals surface area contributed by atoms with E-state index in [-0.39, 0.29) is 0 Å². The largest absolute Gasteiger partial charge is 0.383 e. The molecular weight excluding hydrogens is 242 g/mol. The zero-order valence-electron chi connectivity index (χ0n) is 11.2. The van der Waals surface area contributed by atoms with Crippen LogP contribution in [-0.4, -0.2) is 26.0 Å². The maximum atomic E-state index is 4.99. The van der Waals surface area contributed by atoms with Crippen molar-refractivity contribution in [3.05, 3.63) is 29.8 Å². The Balaban J connectivity index is 2.25. The predicted molar refractivity (Wildman–Crippen MR) is 78.8 cm³/mol. The first kappa shape index (κ1) is 15.1. The molecule has 18 heavy (non-hydrogen) atoms. The lowest BCUT2D eigenvalue weighted by Crippen LogP contribution is -2.18. The van der Waals surface area contributed by atoms with Crippen LogP contribution in [0.1, 0.15) is 18.9 Å². The molecule has 0 atom stereocenters. The first-order valence-electron chi connectivity index (χ1n) is 6.18. The molecule has 0 spiro atoms. The Labute approximate surface area is 115 Å². The van der Waals surface area contributed by atoms with Crippen molar-refractivity contribution in [1.29, 1.82) is 0 Å². The molecule has 0 fully saturated rings. The van der Waals surface area contributed by atoms with Gasteiger partial charge >= 0.3 is 0 Å². The molecule has 0 aliphatic carbocycles. The molecule has 98 valence electrons. The second-order valence-electron chi connectivity index (χ2n) is 3.84.